The lowest BCUT2D eigenvalue weighted by molar-refractivity contribution is -0.137. The van der Waals surface area contributed by atoms with Gasteiger partial charge in [0, 0.05) is 6.54 Å². The number of alkyl halides is 3. The van der Waals surface area contributed by atoms with Gasteiger partial charge in [-0.15, -0.1) is 0 Å². The van der Waals surface area contributed by atoms with Crippen LogP contribution in [-0.2, 0) is 6.18 Å². The van der Waals surface area contributed by atoms with Crippen molar-refractivity contribution in [2.24, 2.45) is 0 Å². The number of halogens is 3. The van der Waals surface area contributed by atoms with Crippen molar-refractivity contribution in [2.45, 2.75) is 12.3 Å². The zero-order valence-electron chi connectivity index (χ0n) is 13.0. The molecule has 0 saturated heterocycles. The molecule has 0 aliphatic heterocycles. The van der Waals surface area contributed by atoms with Crippen molar-refractivity contribution in [2.75, 3.05) is 18.5 Å². The number of benzene rings is 2. The molecule has 0 aliphatic carbocycles. The number of H-pyrrole nitrogens is 1. The van der Waals surface area contributed by atoms with E-state index >= 15 is 0 Å². The van der Waals surface area contributed by atoms with Crippen molar-refractivity contribution in [3.05, 3.63) is 54.1 Å². The number of aliphatic hydroxyl groups is 1. The lowest BCUT2D eigenvalue weighted by Crippen LogP contribution is -2.26. The summed E-state index contributed by atoms with van der Waals surface area (Å²) >= 11 is 0. The van der Waals surface area contributed by atoms with Gasteiger partial charge in [-0.1, -0.05) is 18.2 Å². The third-order valence-electron chi connectivity index (χ3n) is 3.50. The molecule has 0 amide bonds. The molecule has 0 radical (unpaired) electrons. The molecule has 3 rings (SSSR count). The van der Waals surface area contributed by atoms with Crippen LogP contribution < -0.4 is 10.1 Å². The number of aliphatic hydroxyl groups excluding tert-OH is 1. The van der Waals surface area contributed by atoms with Gasteiger partial charge in [-0.2, -0.15) is 13.2 Å². The van der Waals surface area contributed by atoms with Crippen LogP contribution in [0.4, 0.5) is 19.1 Å². The number of nitrogens with zero attached hydrogens (tertiary/aromatic N) is 1. The van der Waals surface area contributed by atoms with Crippen LogP contribution in [0.5, 0.6) is 5.75 Å². The maximum atomic E-state index is 12.6. The Balaban J connectivity index is 1.52. The first-order chi connectivity index (χ1) is 11.9. The van der Waals surface area contributed by atoms with Crippen LogP contribution >= 0.6 is 0 Å². The number of hydrogen-bond acceptors (Lipinski definition) is 4. The quantitative estimate of drug-likeness (QED) is 0.636. The molecule has 0 spiro atoms. The maximum Gasteiger partial charge on any atom is 0.416 e. The van der Waals surface area contributed by atoms with E-state index in [-0.39, 0.29) is 18.9 Å². The monoisotopic (exact) mass is 351 g/mol. The number of nitrogens with one attached hydrogen (secondary N) is 2. The number of para-hydroxylation sites is 2. The summed E-state index contributed by atoms with van der Waals surface area (Å²) in [4.78, 5) is 7.35. The molecule has 132 valence electrons. The predicted octanol–water partition coefficient (Wildman–Crippen LogP) is 3.43. The number of rotatable bonds is 6. The van der Waals surface area contributed by atoms with Gasteiger partial charge in [0.2, 0.25) is 5.95 Å². The first-order valence-electron chi connectivity index (χ1n) is 7.58. The molecule has 0 saturated carbocycles. The minimum absolute atomic E-state index is 0.0533. The van der Waals surface area contributed by atoms with Crippen molar-refractivity contribution in [1.82, 2.24) is 9.97 Å². The Bertz CT molecular complexity index is 815. The molecular formula is C17H16F3N3O2. The third kappa shape index (κ3) is 4.42. The van der Waals surface area contributed by atoms with E-state index in [4.69, 9.17) is 4.74 Å². The lowest BCUT2D eigenvalue weighted by atomic mass is 10.2. The minimum atomic E-state index is -4.43. The number of fused-ring (bicyclic) bond motifs is 1. The summed E-state index contributed by atoms with van der Waals surface area (Å²) in [6.45, 7) is -0.00662. The van der Waals surface area contributed by atoms with Gasteiger partial charge >= 0.3 is 6.18 Å². The summed E-state index contributed by atoms with van der Waals surface area (Å²) in [7, 11) is 0. The largest absolute Gasteiger partial charge is 0.491 e. The van der Waals surface area contributed by atoms with E-state index in [1.807, 2.05) is 24.3 Å². The fraction of sp³-hybridized carbons (Fsp3) is 0.235. The molecule has 1 unspecified atom stereocenters. The van der Waals surface area contributed by atoms with Crippen LogP contribution in [-0.4, -0.2) is 34.3 Å². The highest BCUT2D eigenvalue weighted by Gasteiger charge is 2.30. The molecule has 8 heteroatoms. The van der Waals surface area contributed by atoms with Gasteiger partial charge in [-0.25, -0.2) is 4.98 Å². The molecule has 5 nitrogen and oxygen atoms in total. The Morgan fingerprint density at radius 2 is 1.96 bits per heavy atom. The Kier molecular flexibility index (Phi) is 4.80. The van der Waals surface area contributed by atoms with Crippen molar-refractivity contribution in [3.63, 3.8) is 0 Å². The lowest BCUT2D eigenvalue weighted by Gasteiger charge is -2.14. The average molecular weight is 351 g/mol. The highest BCUT2D eigenvalue weighted by molar-refractivity contribution is 5.77. The normalized spacial score (nSPS) is 13.0. The van der Waals surface area contributed by atoms with Gasteiger partial charge in [0.1, 0.15) is 18.5 Å². The Morgan fingerprint density at radius 1 is 1.16 bits per heavy atom. The third-order valence-corrected chi connectivity index (χ3v) is 3.50. The summed E-state index contributed by atoms with van der Waals surface area (Å²) in [5, 5.41) is 12.9. The van der Waals surface area contributed by atoms with E-state index in [1.165, 1.54) is 12.1 Å². The second kappa shape index (κ2) is 7.02. The van der Waals surface area contributed by atoms with Crippen molar-refractivity contribution < 1.29 is 23.0 Å². The van der Waals surface area contributed by atoms with Crippen LogP contribution in [0.2, 0.25) is 0 Å². The minimum Gasteiger partial charge on any atom is -0.491 e. The summed E-state index contributed by atoms with van der Waals surface area (Å²) in [6.07, 6.45) is -5.34. The summed E-state index contributed by atoms with van der Waals surface area (Å²) in [6, 6.07) is 12.0. The Labute approximate surface area is 141 Å². The standard InChI is InChI=1S/C17H16F3N3O2/c18-17(19,20)11-4-3-5-13(8-11)25-10-12(24)9-21-16-22-14-6-1-2-7-15(14)23-16/h1-8,12,24H,9-10H2,(H2,21,22,23). The number of ether oxygens (including phenoxy) is 1. The summed E-state index contributed by atoms with van der Waals surface area (Å²) < 4.78 is 43.1. The predicted molar refractivity (Wildman–Crippen MR) is 87.5 cm³/mol. The van der Waals surface area contributed by atoms with Crippen LogP contribution in [0.1, 0.15) is 5.56 Å². The van der Waals surface area contributed by atoms with E-state index in [0.29, 0.717) is 5.95 Å². The van der Waals surface area contributed by atoms with Crippen molar-refractivity contribution in [1.29, 1.82) is 0 Å². The van der Waals surface area contributed by atoms with Gasteiger partial charge in [-0.3, -0.25) is 0 Å². The number of aromatic nitrogens is 2. The van der Waals surface area contributed by atoms with Crippen molar-refractivity contribution in [3.8, 4) is 5.75 Å². The maximum absolute atomic E-state index is 12.6. The molecule has 25 heavy (non-hydrogen) atoms. The molecular weight excluding hydrogens is 335 g/mol. The second-order valence-electron chi connectivity index (χ2n) is 5.47. The van der Waals surface area contributed by atoms with Gasteiger partial charge in [-0.05, 0) is 30.3 Å². The molecule has 1 atom stereocenters. The van der Waals surface area contributed by atoms with E-state index in [1.54, 1.807) is 0 Å². The zero-order chi connectivity index (χ0) is 17.9. The second-order valence-corrected chi connectivity index (χ2v) is 5.47. The summed E-state index contributed by atoms with van der Waals surface area (Å²) in [5.74, 6) is 0.553. The smallest absolute Gasteiger partial charge is 0.416 e. The van der Waals surface area contributed by atoms with Crippen LogP contribution in [0.3, 0.4) is 0 Å². The highest BCUT2D eigenvalue weighted by Crippen LogP contribution is 2.31. The first kappa shape index (κ1) is 17.1. The average Bonchev–Trinajstić information content (AvgIpc) is 3.00. The first-order valence-corrected chi connectivity index (χ1v) is 7.58. The Hall–Kier alpha value is -2.74. The summed E-state index contributed by atoms with van der Waals surface area (Å²) in [5.41, 5.74) is 0.860. The number of imidazole rings is 1. The highest BCUT2D eigenvalue weighted by atomic mass is 19.4. The fourth-order valence-corrected chi connectivity index (χ4v) is 2.26. The SMILES string of the molecule is OC(CNc1nc2ccccc2[nH]1)COc1cccc(C(F)(F)F)c1. The number of hydrogen-bond donors (Lipinski definition) is 3. The van der Waals surface area contributed by atoms with Gasteiger partial charge in [0.05, 0.1) is 16.6 Å². The van der Waals surface area contributed by atoms with Gasteiger partial charge in [0.15, 0.2) is 0 Å². The molecule has 1 heterocycles. The molecule has 0 fully saturated rings. The molecule has 2 aromatic carbocycles. The molecule has 3 N–H and O–H groups in total. The van der Waals surface area contributed by atoms with Gasteiger partial charge < -0.3 is 20.1 Å². The number of aromatic amines is 1. The Morgan fingerprint density at radius 3 is 2.72 bits per heavy atom. The van der Waals surface area contributed by atoms with E-state index in [2.05, 4.69) is 15.3 Å². The molecule has 1 aromatic heterocycles. The van der Waals surface area contributed by atoms with Crippen LogP contribution in [0, 0.1) is 0 Å². The topological polar surface area (TPSA) is 70.2 Å². The zero-order valence-corrected chi connectivity index (χ0v) is 13.0. The fourth-order valence-electron chi connectivity index (χ4n) is 2.26. The molecule has 0 aliphatic rings. The molecule has 0 bridgehead atoms. The van der Waals surface area contributed by atoms with Crippen LogP contribution in [0.15, 0.2) is 48.5 Å². The number of anilines is 1. The van der Waals surface area contributed by atoms with Gasteiger partial charge in [0.25, 0.3) is 0 Å². The van der Waals surface area contributed by atoms with E-state index in [9.17, 15) is 18.3 Å². The molecule has 3 aromatic rings. The van der Waals surface area contributed by atoms with E-state index < -0.39 is 17.8 Å². The van der Waals surface area contributed by atoms with Crippen LogP contribution in [0.25, 0.3) is 11.0 Å². The van der Waals surface area contributed by atoms with Crippen molar-refractivity contribution >= 4 is 17.0 Å². The van der Waals surface area contributed by atoms with E-state index in [0.717, 1.165) is 23.2 Å².